The van der Waals surface area contributed by atoms with Crippen LogP contribution < -0.4 is 10.6 Å². The second kappa shape index (κ2) is 10.1. The minimum Gasteiger partial charge on any atom is -0.361 e. The molecule has 1 aromatic carbocycles. The maximum atomic E-state index is 5.14. The summed E-state index contributed by atoms with van der Waals surface area (Å²) in [6.07, 6.45) is 14.6. The van der Waals surface area contributed by atoms with Crippen LogP contribution in [0.25, 0.3) is 23.0 Å². The van der Waals surface area contributed by atoms with Gasteiger partial charge in [0.1, 0.15) is 5.82 Å². The summed E-state index contributed by atoms with van der Waals surface area (Å²) in [5, 5.41) is 7.13. The molecule has 0 unspecified atom stereocenters. The molecule has 1 aliphatic carbocycles. The maximum absolute atomic E-state index is 5.14. The van der Waals surface area contributed by atoms with Gasteiger partial charge in [0.2, 0.25) is 0 Å². The van der Waals surface area contributed by atoms with Crippen LogP contribution >= 0.6 is 0 Å². The molecule has 5 heteroatoms. The van der Waals surface area contributed by atoms with Crippen molar-refractivity contribution in [1.29, 1.82) is 0 Å². The molecule has 1 saturated carbocycles. The molecule has 0 bridgehead atoms. The fraction of sp³-hybridized carbons (Fsp3) is 0.375. The number of aryl methyl sites for hydroxylation is 2. The number of aromatic nitrogens is 2. The third kappa shape index (κ3) is 5.05. The number of allylic oxidation sites excluding steroid dienone is 1. The first-order valence-electron chi connectivity index (χ1n) is 13.8. The lowest BCUT2D eigenvalue weighted by atomic mass is 9.86. The number of hydrogen-bond donors (Lipinski definition) is 2. The van der Waals surface area contributed by atoms with Gasteiger partial charge in [-0.3, -0.25) is 4.98 Å². The predicted molar refractivity (Wildman–Crippen MR) is 154 cm³/mol. The Morgan fingerprint density at radius 3 is 2.62 bits per heavy atom. The van der Waals surface area contributed by atoms with Gasteiger partial charge < -0.3 is 15.5 Å². The fourth-order valence-electron chi connectivity index (χ4n) is 5.94. The van der Waals surface area contributed by atoms with Crippen LogP contribution in [0.15, 0.2) is 54.9 Å². The van der Waals surface area contributed by atoms with Gasteiger partial charge >= 0.3 is 0 Å². The lowest BCUT2D eigenvalue weighted by Crippen LogP contribution is -2.34. The zero-order valence-corrected chi connectivity index (χ0v) is 22.2. The molecule has 0 spiro atoms. The van der Waals surface area contributed by atoms with Gasteiger partial charge in [-0.05, 0) is 118 Å². The van der Waals surface area contributed by atoms with Crippen molar-refractivity contribution in [2.75, 3.05) is 18.4 Å². The minimum atomic E-state index is 0.668. The first-order valence-corrected chi connectivity index (χ1v) is 13.8. The monoisotopic (exact) mass is 491 g/mol. The Morgan fingerprint density at radius 2 is 1.89 bits per heavy atom. The molecule has 2 N–H and O–H groups in total. The minimum absolute atomic E-state index is 0.668. The van der Waals surface area contributed by atoms with E-state index >= 15 is 0 Å². The van der Waals surface area contributed by atoms with Crippen LogP contribution in [0.4, 0.5) is 11.5 Å². The van der Waals surface area contributed by atoms with Crippen molar-refractivity contribution in [3.8, 4) is 11.3 Å². The molecule has 0 radical (unpaired) electrons. The van der Waals surface area contributed by atoms with Crippen LogP contribution in [0.1, 0.15) is 72.9 Å². The van der Waals surface area contributed by atoms with E-state index in [4.69, 9.17) is 4.98 Å². The maximum Gasteiger partial charge on any atom is 0.141 e. The molecule has 3 aromatic rings. The summed E-state index contributed by atoms with van der Waals surface area (Å²) in [6.45, 7) is 8.95. The fourth-order valence-corrected chi connectivity index (χ4v) is 5.94. The van der Waals surface area contributed by atoms with Crippen molar-refractivity contribution in [3.63, 3.8) is 0 Å². The number of anilines is 2. The Kier molecular flexibility index (Phi) is 6.56. The van der Waals surface area contributed by atoms with E-state index in [-0.39, 0.29) is 0 Å². The molecule has 190 valence electrons. The summed E-state index contributed by atoms with van der Waals surface area (Å²) >= 11 is 0. The van der Waals surface area contributed by atoms with Crippen LogP contribution in [0, 0.1) is 13.8 Å². The molecule has 4 heterocycles. The average molecular weight is 492 g/mol. The second-order valence-corrected chi connectivity index (χ2v) is 10.7. The van der Waals surface area contributed by atoms with Gasteiger partial charge in [0.15, 0.2) is 0 Å². The molecule has 2 aromatic heterocycles. The highest BCUT2D eigenvalue weighted by Gasteiger charge is 2.32. The van der Waals surface area contributed by atoms with Crippen LogP contribution in [0.2, 0.25) is 0 Å². The van der Waals surface area contributed by atoms with Crippen LogP contribution in [-0.4, -0.2) is 34.0 Å². The molecule has 1 saturated heterocycles. The van der Waals surface area contributed by atoms with Crippen LogP contribution in [-0.2, 0) is 0 Å². The molecular formula is C32H37N5. The lowest BCUT2D eigenvalue weighted by molar-refractivity contribution is 0.203. The Labute approximate surface area is 220 Å². The van der Waals surface area contributed by atoms with Gasteiger partial charge in [-0.15, -0.1) is 0 Å². The van der Waals surface area contributed by atoms with E-state index in [1.54, 1.807) is 0 Å². The standard InChI is InChI=1S/C32H37N5/c1-4-5-29-31-25(11-15-34-29)20-30(24-10-14-33-22(3)19-24)36-32(31)35-26-6-9-28(21(2)18-26)23-12-16-37(17-13-23)27-7-8-27/h5-6,9-11,14-15,18-20,23,27,34H,4,7-8,12-13,16-17H2,1-3H3,(H,35,36)/b29-5-. The Hall–Kier alpha value is -3.44. The van der Waals surface area contributed by atoms with Crippen molar-refractivity contribution < 1.29 is 0 Å². The summed E-state index contributed by atoms with van der Waals surface area (Å²) in [6, 6.07) is 14.1. The SMILES string of the molecule is CC/C=C1\NC=Cc2cc(-c3ccnc(C)c3)nc(Nc3ccc(C4CCN(C5CC5)CC4)c(C)c3)c21. The largest absolute Gasteiger partial charge is 0.361 e. The second-order valence-electron chi connectivity index (χ2n) is 10.7. The van der Waals surface area contributed by atoms with Gasteiger partial charge in [0.05, 0.1) is 5.69 Å². The summed E-state index contributed by atoms with van der Waals surface area (Å²) in [4.78, 5) is 12.2. The average Bonchev–Trinajstić information content (AvgIpc) is 3.75. The van der Waals surface area contributed by atoms with E-state index in [1.165, 1.54) is 49.9 Å². The molecule has 5 nitrogen and oxygen atoms in total. The molecular weight excluding hydrogens is 454 g/mol. The van der Waals surface area contributed by atoms with Gasteiger partial charge in [-0.25, -0.2) is 4.98 Å². The molecule has 37 heavy (non-hydrogen) atoms. The third-order valence-corrected chi connectivity index (χ3v) is 7.99. The van der Waals surface area contributed by atoms with Gasteiger partial charge in [0.25, 0.3) is 0 Å². The van der Waals surface area contributed by atoms with E-state index in [9.17, 15) is 0 Å². The number of rotatable bonds is 6. The van der Waals surface area contributed by atoms with Crippen molar-refractivity contribution >= 4 is 23.3 Å². The Balaban J connectivity index is 1.32. The number of pyridine rings is 2. The highest BCUT2D eigenvalue weighted by atomic mass is 15.2. The summed E-state index contributed by atoms with van der Waals surface area (Å²) < 4.78 is 0. The number of benzene rings is 1. The van der Waals surface area contributed by atoms with Crippen LogP contribution in [0.3, 0.4) is 0 Å². The first-order chi connectivity index (χ1) is 18.1. The van der Waals surface area contributed by atoms with E-state index < -0.39 is 0 Å². The smallest absolute Gasteiger partial charge is 0.141 e. The van der Waals surface area contributed by atoms with Crippen molar-refractivity contribution in [2.24, 2.45) is 0 Å². The zero-order chi connectivity index (χ0) is 25.4. The summed E-state index contributed by atoms with van der Waals surface area (Å²) in [5.41, 5.74) is 10.4. The summed E-state index contributed by atoms with van der Waals surface area (Å²) in [5.74, 6) is 1.55. The van der Waals surface area contributed by atoms with Gasteiger partial charge in [-0.1, -0.05) is 19.1 Å². The van der Waals surface area contributed by atoms with E-state index in [2.05, 4.69) is 76.8 Å². The predicted octanol–water partition coefficient (Wildman–Crippen LogP) is 7.17. The number of nitrogens with one attached hydrogen (secondary N) is 2. The van der Waals surface area contributed by atoms with E-state index in [0.717, 1.165) is 57.7 Å². The Morgan fingerprint density at radius 1 is 1.05 bits per heavy atom. The molecule has 2 aliphatic heterocycles. The molecule has 2 fully saturated rings. The number of nitrogens with zero attached hydrogens (tertiary/aromatic N) is 3. The van der Waals surface area contributed by atoms with Crippen molar-refractivity contribution in [3.05, 3.63) is 82.8 Å². The highest BCUT2D eigenvalue weighted by molar-refractivity contribution is 5.87. The van der Waals surface area contributed by atoms with E-state index in [0.29, 0.717) is 5.92 Å². The van der Waals surface area contributed by atoms with Crippen molar-refractivity contribution in [1.82, 2.24) is 20.2 Å². The quantitative estimate of drug-likeness (QED) is 0.383. The highest BCUT2D eigenvalue weighted by Crippen LogP contribution is 2.38. The number of fused-ring (bicyclic) bond motifs is 1. The van der Waals surface area contributed by atoms with Crippen LogP contribution in [0.5, 0.6) is 0 Å². The summed E-state index contributed by atoms with van der Waals surface area (Å²) in [7, 11) is 0. The Bertz CT molecular complexity index is 1360. The van der Waals surface area contributed by atoms with Crippen molar-refractivity contribution in [2.45, 2.75) is 64.8 Å². The molecule has 6 rings (SSSR count). The van der Waals surface area contributed by atoms with Gasteiger partial charge in [0, 0.05) is 46.6 Å². The van der Waals surface area contributed by atoms with E-state index in [1.807, 2.05) is 25.4 Å². The number of likely N-dealkylation sites (tertiary alicyclic amines) is 1. The number of piperidine rings is 1. The zero-order valence-electron chi connectivity index (χ0n) is 22.2. The molecule has 0 amide bonds. The molecule has 3 aliphatic rings. The van der Waals surface area contributed by atoms with Gasteiger partial charge in [-0.2, -0.15) is 0 Å². The number of hydrogen-bond acceptors (Lipinski definition) is 5. The third-order valence-electron chi connectivity index (χ3n) is 7.99. The lowest BCUT2D eigenvalue weighted by Gasteiger charge is -2.33. The first kappa shape index (κ1) is 23.9. The normalized spacial score (nSPS) is 19.1. The molecule has 0 atom stereocenters. The topological polar surface area (TPSA) is 53.1 Å².